The number of carbonyl (C=O) groups excluding carboxylic acids is 1. The van der Waals surface area contributed by atoms with E-state index in [0.717, 1.165) is 30.2 Å². The number of hydrazone groups is 1. The summed E-state index contributed by atoms with van der Waals surface area (Å²) in [5.74, 6) is -0.224. The van der Waals surface area contributed by atoms with Crippen molar-refractivity contribution < 1.29 is 4.79 Å². The Balaban J connectivity index is 1.87. The molecular formula is C16H14Br3N3O. The van der Waals surface area contributed by atoms with Gasteiger partial charge in [0.05, 0.1) is 18.4 Å². The lowest BCUT2D eigenvalue weighted by Crippen LogP contribution is -2.26. The zero-order chi connectivity index (χ0) is 16.8. The van der Waals surface area contributed by atoms with Crippen LogP contribution >= 0.6 is 47.8 Å². The molecule has 0 heterocycles. The zero-order valence-electron chi connectivity index (χ0n) is 12.2. The predicted octanol–water partition coefficient (Wildman–Crippen LogP) is 4.84. The molecule has 120 valence electrons. The number of halogens is 3. The molecule has 0 aliphatic heterocycles. The molecule has 7 heteroatoms. The van der Waals surface area contributed by atoms with Crippen LogP contribution in [0.15, 0.2) is 54.9 Å². The maximum Gasteiger partial charge on any atom is 0.259 e. The number of nitrogens with zero attached hydrogens (tertiary/aromatic N) is 1. The van der Waals surface area contributed by atoms with Crippen molar-refractivity contribution in [3.8, 4) is 0 Å². The molecule has 0 aliphatic carbocycles. The van der Waals surface area contributed by atoms with Crippen LogP contribution in [0.1, 0.15) is 11.1 Å². The van der Waals surface area contributed by atoms with Crippen LogP contribution in [0.4, 0.5) is 5.69 Å². The van der Waals surface area contributed by atoms with Gasteiger partial charge >= 0.3 is 0 Å². The van der Waals surface area contributed by atoms with Crippen molar-refractivity contribution in [2.75, 3.05) is 11.9 Å². The van der Waals surface area contributed by atoms with Gasteiger partial charge < -0.3 is 5.32 Å². The van der Waals surface area contributed by atoms with E-state index in [4.69, 9.17) is 0 Å². The van der Waals surface area contributed by atoms with E-state index in [-0.39, 0.29) is 12.5 Å². The van der Waals surface area contributed by atoms with Gasteiger partial charge in [0, 0.05) is 13.4 Å². The normalized spacial score (nSPS) is 10.8. The van der Waals surface area contributed by atoms with Crippen molar-refractivity contribution in [3.63, 3.8) is 0 Å². The quantitative estimate of drug-likeness (QED) is 0.453. The summed E-state index contributed by atoms with van der Waals surface area (Å²) in [5.41, 5.74) is 5.36. The van der Waals surface area contributed by atoms with Crippen LogP contribution in [0.3, 0.4) is 0 Å². The zero-order valence-corrected chi connectivity index (χ0v) is 17.0. The maximum absolute atomic E-state index is 11.8. The number of benzene rings is 2. The highest BCUT2D eigenvalue weighted by molar-refractivity contribution is 9.11. The summed E-state index contributed by atoms with van der Waals surface area (Å²) in [6.45, 7) is 2.13. The number of hydrogen-bond acceptors (Lipinski definition) is 3. The van der Waals surface area contributed by atoms with Crippen LogP contribution in [-0.4, -0.2) is 18.7 Å². The van der Waals surface area contributed by atoms with Crippen LogP contribution in [0, 0.1) is 6.92 Å². The lowest BCUT2D eigenvalue weighted by molar-refractivity contribution is -0.119. The molecule has 0 saturated heterocycles. The molecule has 0 unspecified atom stereocenters. The molecule has 0 bridgehead atoms. The minimum absolute atomic E-state index is 0.123. The Bertz CT molecular complexity index is 707. The number of amides is 1. The smallest absolute Gasteiger partial charge is 0.259 e. The first-order valence-electron chi connectivity index (χ1n) is 6.72. The minimum atomic E-state index is -0.224. The number of rotatable bonds is 5. The molecule has 0 fully saturated rings. The average molecular weight is 504 g/mol. The average Bonchev–Trinajstić information content (AvgIpc) is 2.48. The molecule has 0 saturated carbocycles. The van der Waals surface area contributed by atoms with Crippen molar-refractivity contribution in [2.45, 2.75) is 6.92 Å². The minimum Gasteiger partial charge on any atom is -0.374 e. The number of aryl methyl sites for hydroxylation is 1. The van der Waals surface area contributed by atoms with E-state index in [1.807, 2.05) is 43.3 Å². The van der Waals surface area contributed by atoms with Crippen LogP contribution in [0.5, 0.6) is 0 Å². The van der Waals surface area contributed by atoms with Gasteiger partial charge in [0.2, 0.25) is 0 Å². The second kappa shape index (κ2) is 8.61. The van der Waals surface area contributed by atoms with Crippen LogP contribution in [0.2, 0.25) is 0 Å². The summed E-state index contributed by atoms with van der Waals surface area (Å²) in [5, 5.41) is 7.02. The van der Waals surface area contributed by atoms with Gasteiger partial charge in [-0.1, -0.05) is 28.1 Å². The highest BCUT2D eigenvalue weighted by Crippen LogP contribution is 2.32. The molecule has 2 aromatic rings. The molecule has 0 aliphatic rings. The first-order valence-corrected chi connectivity index (χ1v) is 9.10. The number of anilines is 1. The third-order valence-electron chi connectivity index (χ3n) is 2.89. The lowest BCUT2D eigenvalue weighted by Gasteiger charge is -2.11. The molecule has 4 nitrogen and oxygen atoms in total. The second-order valence-electron chi connectivity index (χ2n) is 4.80. The van der Waals surface area contributed by atoms with Gasteiger partial charge in [0.15, 0.2) is 0 Å². The van der Waals surface area contributed by atoms with Gasteiger partial charge in [-0.3, -0.25) is 4.79 Å². The highest BCUT2D eigenvalue weighted by atomic mass is 79.9. The molecule has 0 spiro atoms. The van der Waals surface area contributed by atoms with Crippen LogP contribution in [0.25, 0.3) is 0 Å². The first-order chi connectivity index (χ1) is 11.0. The predicted molar refractivity (Wildman–Crippen MR) is 105 cm³/mol. The fraction of sp³-hybridized carbons (Fsp3) is 0.125. The second-order valence-corrected chi connectivity index (χ2v) is 7.43. The van der Waals surface area contributed by atoms with Crippen molar-refractivity contribution in [2.24, 2.45) is 5.10 Å². The molecule has 1 amide bonds. The molecule has 0 radical (unpaired) electrons. The number of carbonyl (C=O) groups is 1. The molecule has 2 N–H and O–H groups in total. The van der Waals surface area contributed by atoms with Crippen molar-refractivity contribution in [1.82, 2.24) is 5.43 Å². The van der Waals surface area contributed by atoms with E-state index >= 15 is 0 Å². The molecular weight excluding hydrogens is 490 g/mol. The molecule has 2 rings (SSSR count). The standard InChI is InChI=1S/C16H14Br3N3O/c1-10-6-13(18)16(14(19)7-10)20-9-15(23)22-21-8-11-2-4-12(17)5-3-11/h2-8,20H,9H2,1H3,(H,22,23). The Morgan fingerprint density at radius 2 is 1.74 bits per heavy atom. The Hall–Kier alpha value is -1.18. The molecule has 0 atom stereocenters. The molecule has 0 aromatic heterocycles. The van der Waals surface area contributed by atoms with Gasteiger partial charge in [-0.25, -0.2) is 5.43 Å². The largest absolute Gasteiger partial charge is 0.374 e. The molecule has 2 aromatic carbocycles. The fourth-order valence-corrected chi connectivity index (χ4v) is 3.76. The summed E-state index contributed by atoms with van der Waals surface area (Å²) in [7, 11) is 0. The summed E-state index contributed by atoms with van der Waals surface area (Å²) in [4.78, 5) is 11.8. The van der Waals surface area contributed by atoms with E-state index in [2.05, 4.69) is 63.6 Å². The third kappa shape index (κ3) is 5.75. The van der Waals surface area contributed by atoms with Gasteiger partial charge in [-0.2, -0.15) is 5.10 Å². The summed E-state index contributed by atoms with van der Waals surface area (Å²) in [6.07, 6.45) is 1.60. The monoisotopic (exact) mass is 501 g/mol. The van der Waals surface area contributed by atoms with Crippen LogP contribution < -0.4 is 10.7 Å². The maximum atomic E-state index is 11.8. The van der Waals surface area contributed by atoms with Crippen molar-refractivity contribution >= 4 is 65.6 Å². The van der Waals surface area contributed by atoms with E-state index in [1.54, 1.807) is 6.21 Å². The molecule has 23 heavy (non-hydrogen) atoms. The summed E-state index contributed by atoms with van der Waals surface area (Å²) in [6, 6.07) is 11.6. The van der Waals surface area contributed by atoms with Gasteiger partial charge in [0.1, 0.15) is 0 Å². The van der Waals surface area contributed by atoms with E-state index in [9.17, 15) is 4.79 Å². The van der Waals surface area contributed by atoms with E-state index in [1.165, 1.54) is 0 Å². The highest BCUT2D eigenvalue weighted by Gasteiger charge is 2.07. The lowest BCUT2D eigenvalue weighted by atomic mass is 10.2. The van der Waals surface area contributed by atoms with Gasteiger partial charge in [-0.15, -0.1) is 0 Å². The fourth-order valence-electron chi connectivity index (χ4n) is 1.80. The Kier molecular flexibility index (Phi) is 6.80. The van der Waals surface area contributed by atoms with E-state index < -0.39 is 0 Å². The van der Waals surface area contributed by atoms with Crippen LogP contribution in [-0.2, 0) is 4.79 Å². The Morgan fingerprint density at radius 1 is 1.13 bits per heavy atom. The summed E-state index contributed by atoms with van der Waals surface area (Å²) >= 11 is 10.3. The van der Waals surface area contributed by atoms with Crippen molar-refractivity contribution in [3.05, 3.63) is 60.9 Å². The summed E-state index contributed by atoms with van der Waals surface area (Å²) < 4.78 is 2.79. The van der Waals surface area contributed by atoms with E-state index in [0.29, 0.717) is 0 Å². The number of hydrogen-bond donors (Lipinski definition) is 2. The van der Waals surface area contributed by atoms with Gasteiger partial charge in [0.25, 0.3) is 5.91 Å². The third-order valence-corrected chi connectivity index (χ3v) is 4.66. The Labute approximate surface area is 160 Å². The first kappa shape index (κ1) is 18.2. The van der Waals surface area contributed by atoms with Gasteiger partial charge in [-0.05, 0) is 74.2 Å². The Morgan fingerprint density at radius 3 is 2.35 bits per heavy atom. The topological polar surface area (TPSA) is 53.5 Å². The number of nitrogens with one attached hydrogen (secondary N) is 2. The SMILES string of the molecule is Cc1cc(Br)c(NCC(=O)NN=Cc2ccc(Br)cc2)c(Br)c1. The van der Waals surface area contributed by atoms with Crippen molar-refractivity contribution in [1.29, 1.82) is 0 Å².